The Balaban J connectivity index is 2.50. The average molecular weight is 264 g/mol. The van der Waals surface area contributed by atoms with Crippen molar-refractivity contribution in [1.82, 2.24) is 5.32 Å². The zero-order valence-electron chi connectivity index (χ0n) is 9.27. The van der Waals surface area contributed by atoms with Gasteiger partial charge in [0, 0.05) is 18.5 Å². The highest BCUT2D eigenvalue weighted by Gasteiger charge is 2.06. The van der Waals surface area contributed by atoms with Gasteiger partial charge in [0.05, 0.1) is 5.02 Å². The summed E-state index contributed by atoms with van der Waals surface area (Å²) in [6, 6.07) is 5.25. The fraction of sp³-hybridized carbons (Fsp3) is 0.500. The molecule has 0 saturated carbocycles. The Hall–Kier alpha value is -0.310. The summed E-state index contributed by atoms with van der Waals surface area (Å²) in [5.41, 5.74) is 0.898. The maximum Gasteiger partial charge on any atom is 0.142 e. The van der Waals surface area contributed by atoms with Gasteiger partial charge in [-0.2, -0.15) is 0 Å². The molecule has 0 bridgehead atoms. The number of rotatable bonds is 6. The highest BCUT2D eigenvalue weighted by Crippen LogP contribution is 2.15. The van der Waals surface area contributed by atoms with Crippen molar-refractivity contribution in [2.24, 2.45) is 0 Å². The molecule has 4 heteroatoms. The minimum absolute atomic E-state index is 0.163. The van der Waals surface area contributed by atoms with Gasteiger partial charge in [0.15, 0.2) is 0 Å². The zero-order chi connectivity index (χ0) is 12.0. The second-order valence-electron chi connectivity index (χ2n) is 3.71. The maximum absolute atomic E-state index is 13.2. The van der Waals surface area contributed by atoms with Crippen LogP contribution < -0.4 is 5.32 Å². The van der Waals surface area contributed by atoms with Gasteiger partial charge in [0.2, 0.25) is 0 Å². The number of benzene rings is 1. The fourth-order valence-electron chi connectivity index (χ4n) is 1.49. The van der Waals surface area contributed by atoms with Crippen molar-refractivity contribution in [1.29, 1.82) is 0 Å². The number of hydrogen-bond donors (Lipinski definition) is 1. The summed E-state index contributed by atoms with van der Waals surface area (Å²) in [5.74, 6) is 0.270. The first-order valence-electron chi connectivity index (χ1n) is 5.40. The van der Waals surface area contributed by atoms with Crippen LogP contribution in [0.5, 0.6) is 0 Å². The molecule has 1 rings (SSSR count). The molecule has 1 aromatic carbocycles. The summed E-state index contributed by atoms with van der Waals surface area (Å²) in [6.45, 7) is 2.75. The second kappa shape index (κ2) is 7.10. The topological polar surface area (TPSA) is 12.0 Å². The first-order valence-corrected chi connectivity index (χ1v) is 6.32. The Bertz CT molecular complexity index is 331. The minimum Gasteiger partial charge on any atom is -0.310 e. The Morgan fingerprint density at radius 3 is 2.75 bits per heavy atom. The number of alkyl halides is 1. The molecule has 1 N–H and O–H groups in total. The lowest BCUT2D eigenvalue weighted by atomic mass is 10.1. The predicted molar refractivity (Wildman–Crippen MR) is 67.7 cm³/mol. The van der Waals surface area contributed by atoms with Crippen LogP contribution in [0.3, 0.4) is 0 Å². The van der Waals surface area contributed by atoms with Crippen LogP contribution in [-0.2, 0) is 6.54 Å². The lowest BCUT2D eigenvalue weighted by Crippen LogP contribution is -2.28. The summed E-state index contributed by atoms with van der Waals surface area (Å²) in [4.78, 5) is 0. The van der Waals surface area contributed by atoms with Gasteiger partial charge in [-0.05, 0) is 30.5 Å². The van der Waals surface area contributed by atoms with Crippen molar-refractivity contribution in [3.63, 3.8) is 0 Å². The van der Waals surface area contributed by atoms with Gasteiger partial charge in [-0.1, -0.05) is 24.6 Å². The summed E-state index contributed by atoms with van der Waals surface area (Å²) < 4.78 is 13.2. The third-order valence-corrected chi connectivity index (χ3v) is 3.05. The third kappa shape index (κ3) is 4.28. The highest BCUT2D eigenvalue weighted by atomic mass is 35.5. The van der Waals surface area contributed by atoms with E-state index in [-0.39, 0.29) is 10.8 Å². The summed E-state index contributed by atoms with van der Waals surface area (Å²) in [5, 5.41) is 3.50. The fourth-order valence-corrected chi connectivity index (χ4v) is 1.87. The normalized spacial score (nSPS) is 12.8. The Kier molecular flexibility index (Phi) is 6.10. The van der Waals surface area contributed by atoms with Crippen LogP contribution in [0.1, 0.15) is 25.3 Å². The van der Waals surface area contributed by atoms with E-state index >= 15 is 0 Å². The molecule has 0 saturated heterocycles. The first-order chi connectivity index (χ1) is 7.67. The van der Waals surface area contributed by atoms with Crippen LogP contribution in [0.25, 0.3) is 0 Å². The van der Waals surface area contributed by atoms with E-state index in [1.54, 1.807) is 6.07 Å². The molecule has 0 aromatic heterocycles. The Labute approximate surface area is 106 Å². The SMILES string of the molecule is CCC(CCCl)NCc1ccc(Cl)c(F)c1. The smallest absolute Gasteiger partial charge is 0.142 e. The summed E-state index contributed by atoms with van der Waals surface area (Å²) in [7, 11) is 0. The minimum atomic E-state index is -0.369. The van der Waals surface area contributed by atoms with Gasteiger partial charge in [0.1, 0.15) is 5.82 Å². The van der Waals surface area contributed by atoms with Crippen LogP contribution in [0.2, 0.25) is 5.02 Å². The summed E-state index contributed by atoms with van der Waals surface area (Å²) in [6.07, 6.45) is 1.94. The van der Waals surface area contributed by atoms with Gasteiger partial charge < -0.3 is 5.32 Å². The molecule has 0 amide bonds. The molecule has 90 valence electrons. The van der Waals surface area contributed by atoms with Gasteiger partial charge >= 0.3 is 0 Å². The van der Waals surface area contributed by atoms with Crippen LogP contribution in [-0.4, -0.2) is 11.9 Å². The summed E-state index contributed by atoms with van der Waals surface area (Å²) >= 11 is 11.3. The van der Waals surface area contributed by atoms with Gasteiger partial charge in [0.25, 0.3) is 0 Å². The molecule has 0 aliphatic carbocycles. The molecule has 0 aliphatic heterocycles. The maximum atomic E-state index is 13.2. The molecule has 0 aliphatic rings. The molecule has 1 atom stereocenters. The predicted octanol–water partition coefficient (Wildman–Crippen LogP) is 3.98. The molecular weight excluding hydrogens is 248 g/mol. The molecule has 16 heavy (non-hydrogen) atoms. The van der Waals surface area contributed by atoms with Crippen LogP contribution in [0.4, 0.5) is 4.39 Å². The van der Waals surface area contributed by atoms with Crippen LogP contribution >= 0.6 is 23.2 Å². The molecule has 0 heterocycles. The van der Waals surface area contributed by atoms with Gasteiger partial charge in [-0.3, -0.25) is 0 Å². The van der Waals surface area contributed by atoms with E-state index in [9.17, 15) is 4.39 Å². The molecule has 0 radical (unpaired) electrons. The Morgan fingerprint density at radius 1 is 1.44 bits per heavy atom. The number of nitrogens with one attached hydrogen (secondary N) is 1. The zero-order valence-corrected chi connectivity index (χ0v) is 10.8. The van der Waals surface area contributed by atoms with E-state index in [1.807, 2.05) is 6.07 Å². The molecule has 1 unspecified atom stereocenters. The van der Waals surface area contributed by atoms with E-state index in [4.69, 9.17) is 23.2 Å². The molecule has 0 spiro atoms. The van der Waals surface area contributed by atoms with Crippen molar-refractivity contribution >= 4 is 23.2 Å². The quantitative estimate of drug-likeness (QED) is 0.766. The van der Waals surface area contributed by atoms with Crippen LogP contribution in [0, 0.1) is 5.82 Å². The van der Waals surface area contributed by atoms with Crippen molar-refractivity contribution in [3.05, 3.63) is 34.6 Å². The second-order valence-corrected chi connectivity index (χ2v) is 4.50. The van der Waals surface area contributed by atoms with Crippen molar-refractivity contribution in [2.75, 3.05) is 5.88 Å². The molecular formula is C12H16Cl2FN. The lowest BCUT2D eigenvalue weighted by Gasteiger charge is -2.15. The Morgan fingerprint density at radius 2 is 2.19 bits per heavy atom. The van der Waals surface area contributed by atoms with Crippen molar-refractivity contribution < 1.29 is 4.39 Å². The van der Waals surface area contributed by atoms with E-state index in [0.717, 1.165) is 18.4 Å². The lowest BCUT2D eigenvalue weighted by molar-refractivity contribution is 0.485. The molecule has 0 fully saturated rings. The number of halogens is 3. The van der Waals surface area contributed by atoms with Gasteiger partial charge in [-0.15, -0.1) is 11.6 Å². The molecule has 1 nitrogen and oxygen atoms in total. The van der Waals surface area contributed by atoms with Crippen LogP contribution in [0.15, 0.2) is 18.2 Å². The highest BCUT2D eigenvalue weighted by molar-refractivity contribution is 6.30. The largest absolute Gasteiger partial charge is 0.310 e. The van der Waals surface area contributed by atoms with Crippen molar-refractivity contribution in [3.8, 4) is 0 Å². The van der Waals surface area contributed by atoms with E-state index in [2.05, 4.69) is 12.2 Å². The van der Waals surface area contributed by atoms with Crippen molar-refractivity contribution in [2.45, 2.75) is 32.4 Å². The monoisotopic (exact) mass is 263 g/mol. The third-order valence-electron chi connectivity index (χ3n) is 2.53. The molecule has 1 aromatic rings. The van der Waals surface area contributed by atoms with E-state index in [1.165, 1.54) is 6.07 Å². The van der Waals surface area contributed by atoms with E-state index < -0.39 is 0 Å². The van der Waals surface area contributed by atoms with E-state index in [0.29, 0.717) is 18.5 Å². The first kappa shape index (κ1) is 13.8. The van der Waals surface area contributed by atoms with Gasteiger partial charge in [-0.25, -0.2) is 4.39 Å². The number of hydrogen-bond acceptors (Lipinski definition) is 1. The average Bonchev–Trinajstić information content (AvgIpc) is 2.28. The standard InChI is InChI=1S/C12H16Cl2FN/c1-2-10(5-6-13)16-8-9-3-4-11(14)12(15)7-9/h3-4,7,10,16H,2,5-6,8H2,1H3.